The second-order valence-electron chi connectivity index (χ2n) is 4.95. The standard InChI is InChI=1S/C14H16BrClFN3O/c1-19(2)6-7-20-13(11(16)8-18-20)14(21)9-4-3-5-10(15)12(9)17/h3-5,8,14,21H,6-7H2,1-2H3. The van der Waals surface area contributed by atoms with Crippen LogP contribution in [0.3, 0.4) is 0 Å². The Bertz CT molecular complexity index is 633. The van der Waals surface area contributed by atoms with Crippen LogP contribution in [-0.4, -0.2) is 40.4 Å². The van der Waals surface area contributed by atoms with E-state index in [1.165, 1.54) is 12.3 Å². The Morgan fingerprint density at radius 2 is 2.19 bits per heavy atom. The van der Waals surface area contributed by atoms with Crippen molar-refractivity contribution in [1.29, 1.82) is 0 Å². The third kappa shape index (κ3) is 3.63. The van der Waals surface area contributed by atoms with Crippen LogP contribution < -0.4 is 0 Å². The predicted octanol–water partition coefficient (Wildman–Crippen LogP) is 3.08. The van der Waals surface area contributed by atoms with Gasteiger partial charge in [-0.3, -0.25) is 4.68 Å². The van der Waals surface area contributed by atoms with Gasteiger partial charge in [0.05, 0.1) is 27.9 Å². The zero-order chi connectivity index (χ0) is 15.6. The molecule has 1 atom stereocenters. The molecule has 0 amide bonds. The maximum atomic E-state index is 14.1. The molecule has 0 aliphatic heterocycles. The van der Waals surface area contributed by atoms with Gasteiger partial charge in [-0.2, -0.15) is 5.10 Å². The van der Waals surface area contributed by atoms with Gasteiger partial charge in [0, 0.05) is 12.1 Å². The van der Waals surface area contributed by atoms with Crippen molar-refractivity contribution in [2.24, 2.45) is 0 Å². The smallest absolute Gasteiger partial charge is 0.143 e. The van der Waals surface area contributed by atoms with Crippen LogP contribution in [-0.2, 0) is 6.54 Å². The zero-order valence-corrected chi connectivity index (χ0v) is 14.1. The van der Waals surface area contributed by atoms with Crippen LogP contribution in [0.1, 0.15) is 17.4 Å². The highest BCUT2D eigenvalue weighted by atomic mass is 79.9. The molecule has 21 heavy (non-hydrogen) atoms. The number of benzene rings is 1. The highest BCUT2D eigenvalue weighted by Crippen LogP contribution is 2.31. The molecule has 0 radical (unpaired) electrons. The quantitative estimate of drug-likeness (QED) is 0.872. The fourth-order valence-electron chi connectivity index (χ4n) is 2.00. The predicted molar refractivity (Wildman–Crippen MR) is 84.0 cm³/mol. The van der Waals surface area contributed by atoms with Crippen molar-refractivity contribution < 1.29 is 9.50 Å². The van der Waals surface area contributed by atoms with Gasteiger partial charge in [-0.15, -0.1) is 0 Å². The number of aromatic nitrogens is 2. The topological polar surface area (TPSA) is 41.3 Å². The van der Waals surface area contributed by atoms with Gasteiger partial charge in [0.25, 0.3) is 0 Å². The molecule has 0 bridgehead atoms. The van der Waals surface area contributed by atoms with Gasteiger partial charge in [0.1, 0.15) is 11.9 Å². The summed E-state index contributed by atoms with van der Waals surface area (Å²) in [6.45, 7) is 1.29. The lowest BCUT2D eigenvalue weighted by Crippen LogP contribution is -2.21. The average molecular weight is 377 g/mol. The van der Waals surface area contributed by atoms with Gasteiger partial charge in [0.2, 0.25) is 0 Å². The van der Waals surface area contributed by atoms with Gasteiger partial charge in [-0.25, -0.2) is 4.39 Å². The molecule has 0 spiro atoms. The van der Waals surface area contributed by atoms with E-state index in [-0.39, 0.29) is 5.56 Å². The molecule has 1 unspecified atom stereocenters. The summed E-state index contributed by atoms with van der Waals surface area (Å²) in [6, 6.07) is 4.78. The maximum absolute atomic E-state index is 14.1. The number of hydrogen-bond acceptors (Lipinski definition) is 3. The minimum Gasteiger partial charge on any atom is -0.382 e. The molecule has 4 nitrogen and oxygen atoms in total. The Balaban J connectivity index is 2.36. The van der Waals surface area contributed by atoms with Crippen LogP contribution in [0.15, 0.2) is 28.9 Å². The number of nitrogens with zero attached hydrogens (tertiary/aromatic N) is 3. The fourth-order valence-corrected chi connectivity index (χ4v) is 2.62. The number of rotatable bonds is 5. The lowest BCUT2D eigenvalue weighted by atomic mass is 10.1. The van der Waals surface area contributed by atoms with E-state index in [2.05, 4.69) is 21.0 Å². The van der Waals surface area contributed by atoms with Crippen molar-refractivity contribution in [3.8, 4) is 0 Å². The molecular weight excluding hydrogens is 361 g/mol. The molecule has 2 rings (SSSR count). The minimum absolute atomic E-state index is 0.165. The molecule has 0 fully saturated rings. The van der Waals surface area contributed by atoms with Crippen LogP contribution in [0.25, 0.3) is 0 Å². The maximum Gasteiger partial charge on any atom is 0.143 e. The fraction of sp³-hybridized carbons (Fsp3) is 0.357. The number of likely N-dealkylation sites (N-methyl/N-ethyl adjacent to an activating group) is 1. The first-order chi connectivity index (χ1) is 9.91. The van der Waals surface area contributed by atoms with Crippen LogP contribution in [0, 0.1) is 5.82 Å². The van der Waals surface area contributed by atoms with Crippen molar-refractivity contribution in [1.82, 2.24) is 14.7 Å². The molecule has 7 heteroatoms. The van der Waals surface area contributed by atoms with E-state index in [0.717, 1.165) is 6.54 Å². The Labute approximate surface area is 136 Å². The van der Waals surface area contributed by atoms with Crippen LogP contribution in [0.4, 0.5) is 4.39 Å². The second-order valence-corrected chi connectivity index (χ2v) is 6.21. The normalized spacial score (nSPS) is 12.9. The van der Waals surface area contributed by atoms with E-state index in [9.17, 15) is 9.50 Å². The van der Waals surface area contributed by atoms with E-state index < -0.39 is 11.9 Å². The summed E-state index contributed by atoms with van der Waals surface area (Å²) in [4.78, 5) is 1.99. The Hall–Kier alpha value is -0.950. The molecule has 1 aromatic carbocycles. The van der Waals surface area contributed by atoms with Crippen molar-refractivity contribution in [2.75, 3.05) is 20.6 Å². The summed E-state index contributed by atoms with van der Waals surface area (Å²) in [5.41, 5.74) is 0.563. The summed E-state index contributed by atoms with van der Waals surface area (Å²) in [6.07, 6.45) is 0.297. The van der Waals surface area contributed by atoms with Gasteiger partial charge in [-0.1, -0.05) is 23.7 Å². The molecule has 2 aromatic rings. The van der Waals surface area contributed by atoms with Crippen LogP contribution in [0.5, 0.6) is 0 Å². The molecule has 114 valence electrons. The first-order valence-electron chi connectivity index (χ1n) is 6.39. The minimum atomic E-state index is -1.17. The molecule has 1 heterocycles. The molecule has 0 saturated carbocycles. The summed E-state index contributed by atoms with van der Waals surface area (Å²) in [7, 11) is 3.88. The third-order valence-corrected chi connectivity index (χ3v) is 4.03. The zero-order valence-electron chi connectivity index (χ0n) is 11.7. The van der Waals surface area contributed by atoms with Crippen molar-refractivity contribution >= 4 is 27.5 Å². The highest BCUT2D eigenvalue weighted by molar-refractivity contribution is 9.10. The van der Waals surface area contributed by atoms with E-state index in [1.54, 1.807) is 16.8 Å². The third-order valence-electron chi connectivity index (χ3n) is 3.13. The van der Waals surface area contributed by atoms with Gasteiger partial charge in [-0.05, 0) is 36.1 Å². The highest BCUT2D eigenvalue weighted by Gasteiger charge is 2.23. The lowest BCUT2D eigenvalue weighted by Gasteiger charge is -2.17. The first kappa shape index (κ1) is 16.4. The molecular formula is C14H16BrClFN3O. The van der Waals surface area contributed by atoms with Crippen molar-refractivity contribution in [2.45, 2.75) is 12.6 Å². The Morgan fingerprint density at radius 1 is 1.48 bits per heavy atom. The van der Waals surface area contributed by atoms with E-state index in [0.29, 0.717) is 21.7 Å². The summed E-state index contributed by atoms with van der Waals surface area (Å²) in [5.74, 6) is -0.499. The number of aliphatic hydroxyl groups is 1. The average Bonchev–Trinajstić information content (AvgIpc) is 2.80. The van der Waals surface area contributed by atoms with E-state index in [4.69, 9.17) is 11.6 Å². The molecule has 1 N–H and O–H groups in total. The van der Waals surface area contributed by atoms with Gasteiger partial charge >= 0.3 is 0 Å². The largest absolute Gasteiger partial charge is 0.382 e. The van der Waals surface area contributed by atoms with E-state index in [1.807, 2.05) is 19.0 Å². The van der Waals surface area contributed by atoms with Crippen LogP contribution in [0.2, 0.25) is 5.02 Å². The second kappa shape index (κ2) is 6.87. The Morgan fingerprint density at radius 3 is 2.86 bits per heavy atom. The van der Waals surface area contributed by atoms with Crippen molar-refractivity contribution in [3.63, 3.8) is 0 Å². The van der Waals surface area contributed by atoms with Gasteiger partial charge < -0.3 is 10.0 Å². The van der Waals surface area contributed by atoms with Crippen molar-refractivity contribution in [3.05, 3.63) is 51.0 Å². The summed E-state index contributed by atoms with van der Waals surface area (Å²) >= 11 is 9.22. The number of halogens is 3. The van der Waals surface area contributed by atoms with Crippen LogP contribution >= 0.6 is 27.5 Å². The summed E-state index contributed by atoms with van der Waals surface area (Å²) < 4.78 is 16.0. The Kier molecular flexibility index (Phi) is 5.37. The number of hydrogen-bond donors (Lipinski definition) is 1. The number of aliphatic hydroxyl groups excluding tert-OH is 1. The molecule has 1 aromatic heterocycles. The monoisotopic (exact) mass is 375 g/mol. The van der Waals surface area contributed by atoms with E-state index >= 15 is 0 Å². The first-order valence-corrected chi connectivity index (χ1v) is 7.56. The lowest BCUT2D eigenvalue weighted by molar-refractivity contribution is 0.200. The SMILES string of the molecule is CN(C)CCn1ncc(Cl)c1C(O)c1cccc(Br)c1F. The molecule has 0 aliphatic carbocycles. The molecule has 0 saturated heterocycles. The van der Waals surface area contributed by atoms with Gasteiger partial charge in [0.15, 0.2) is 0 Å². The summed E-state index contributed by atoms with van der Waals surface area (Å²) in [5, 5.41) is 15.0. The molecule has 0 aliphatic rings.